The quantitative estimate of drug-likeness (QED) is 0.720. The smallest absolute Gasteiger partial charge is 0.272 e. The number of carbonyl (C=O) groups excluding carboxylic acids is 1. The van der Waals surface area contributed by atoms with E-state index in [1.807, 2.05) is 18.7 Å². The Morgan fingerprint density at radius 2 is 2.19 bits per heavy atom. The van der Waals surface area contributed by atoms with Gasteiger partial charge >= 0.3 is 0 Å². The Balaban J connectivity index is 2.20. The highest BCUT2D eigenvalue weighted by atomic mass is 16.2. The molecule has 16 heavy (non-hydrogen) atoms. The molecule has 1 aromatic rings. The average molecular weight is 219 g/mol. The summed E-state index contributed by atoms with van der Waals surface area (Å²) in [5.74, 6) is 1.31. The molecule has 0 bridgehead atoms. The van der Waals surface area contributed by atoms with Crippen LogP contribution in [0.2, 0.25) is 0 Å². The maximum atomic E-state index is 12.1. The molecular weight excluding hydrogens is 202 g/mol. The lowest BCUT2D eigenvalue weighted by Crippen LogP contribution is -2.29. The Hall–Kier alpha value is -1.45. The Morgan fingerprint density at radius 1 is 1.44 bits per heavy atom. The minimum Gasteiger partial charge on any atom is -0.337 e. The van der Waals surface area contributed by atoms with Gasteiger partial charge in [-0.05, 0) is 32.3 Å². The first kappa shape index (κ1) is 11.0. The van der Waals surface area contributed by atoms with Crippen LogP contribution in [0.15, 0.2) is 6.07 Å². The summed E-state index contributed by atoms with van der Waals surface area (Å²) in [6.07, 6.45) is 1.09. The number of aryl methyl sites for hydroxylation is 2. The molecule has 1 aliphatic heterocycles. The second-order valence-corrected chi connectivity index (χ2v) is 4.59. The Labute approximate surface area is 95.7 Å². The van der Waals surface area contributed by atoms with E-state index in [0.29, 0.717) is 17.4 Å². The van der Waals surface area contributed by atoms with Gasteiger partial charge in [0, 0.05) is 18.8 Å². The fourth-order valence-electron chi connectivity index (χ4n) is 2.11. The van der Waals surface area contributed by atoms with E-state index < -0.39 is 0 Å². The van der Waals surface area contributed by atoms with Crippen LogP contribution in [0.25, 0.3) is 0 Å². The van der Waals surface area contributed by atoms with E-state index in [-0.39, 0.29) is 5.91 Å². The molecule has 1 saturated heterocycles. The molecule has 1 aliphatic rings. The van der Waals surface area contributed by atoms with Crippen LogP contribution >= 0.6 is 0 Å². The molecule has 0 radical (unpaired) electrons. The van der Waals surface area contributed by atoms with Gasteiger partial charge in [-0.25, -0.2) is 9.97 Å². The van der Waals surface area contributed by atoms with Crippen LogP contribution < -0.4 is 0 Å². The first-order chi connectivity index (χ1) is 7.56. The molecule has 86 valence electrons. The molecule has 0 aliphatic carbocycles. The zero-order valence-corrected chi connectivity index (χ0v) is 10.0. The number of nitrogens with zero attached hydrogens (tertiary/aromatic N) is 3. The summed E-state index contributed by atoms with van der Waals surface area (Å²) < 4.78 is 0. The summed E-state index contributed by atoms with van der Waals surface area (Å²) in [5, 5.41) is 0. The highest BCUT2D eigenvalue weighted by molar-refractivity contribution is 5.92. The minimum absolute atomic E-state index is 0.0398. The molecule has 1 fully saturated rings. The highest BCUT2D eigenvalue weighted by Crippen LogP contribution is 2.17. The van der Waals surface area contributed by atoms with E-state index in [1.165, 1.54) is 0 Å². The van der Waals surface area contributed by atoms with E-state index >= 15 is 0 Å². The van der Waals surface area contributed by atoms with E-state index in [1.54, 1.807) is 6.07 Å². The fourth-order valence-corrected chi connectivity index (χ4v) is 2.11. The van der Waals surface area contributed by atoms with Crippen molar-refractivity contribution in [2.24, 2.45) is 5.92 Å². The summed E-state index contributed by atoms with van der Waals surface area (Å²) >= 11 is 0. The molecule has 1 amide bonds. The van der Waals surface area contributed by atoms with Crippen molar-refractivity contribution < 1.29 is 4.79 Å². The van der Waals surface area contributed by atoms with Crippen LogP contribution in [0.1, 0.15) is 35.4 Å². The first-order valence-electron chi connectivity index (χ1n) is 5.68. The van der Waals surface area contributed by atoms with Gasteiger partial charge < -0.3 is 4.90 Å². The summed E-state index contributed by atoms with van der Waals surface area (Å²) in [6, 6.07) is 1.76. The van der Waals surface area contributed by atoms with Crippen molar-refractivity contribution in [2.45, 2.75) is 27.2 Å². The van der Waals surface area contributed by atoms with Gasteiger partial charge in [-0.3, -0.25) is 4.79 Å². The Morgan fingerprint density at radius 3 is 2.75 bits per heavy atom. The standard InChI is InChI=1S/C12H17N3O/c1-8-4-5-15(7-8)12(16)11-6-9(2)13-10(3)14-11/h6,8H,4-5,7H2,1-3H3. The Kier molecular flexibility index (Phi) is 2.90. The van der Waals surface area contributed by atoms with Crippen LogP contribution in [0.5, 0.6) is 0 Å². The van der Waals surface area contributed by atoms with E-state index in [2.05, 4.69) is 16.9 Å². The van der Waals surface area contributed by atoms with Gasteiger partial charge in [-0.1, -0.05) is 6.92 Å². The number of hydrogen-bond acceptors (Lipinski definition) is 3. The molecule has 2 heterocycles. The van der Waals surface area contributed by atoms with Crippen molar-refractivity contribution in [3.8, 4) is 0 Å². The van der Waals surface area contributed by atoms with E-state index in [4.69, 9.17) is 0 Å². The predicted octanol–water partition coefficient (Wildman–Crippen LogP) is 1.58. The van der Waals surface area contributed by atoms with Crippen molar-refractivity contribution in [2.75, 3.05) is 13.1 Å². The van der Waals surface area contributed by atoms with Gasteiger partial charge in [0.05, 0.1) is 0 Å². The predicted molar refractivity (Wildman–Crippen MR) is 61.2 cm³/mol. The maximum Gasteiger partial charge on any atom is 0.272 e. The summed E-state index contributed by atoms with van der Waals surface area (Å²) in [4.78, 5) is 22.4. The molecule has 0 spiro atoms. The van der Waals surface area contributed by atoms with Gasteiger partial charge in [0.2, 0.25) is 0 Å². The molecule has 2 rings (SSSR count). The number of amides is 1. The second kappa shape index (κ2) is 4.20. The van der Waals surface area contributed by atoms with Gasteiger partial charge in [0.1, 0.15) is 11.5 Å². The first-order valence-corrected chi connectivity index (χ1v) is 5.68. The molecule has 0 aromatic carbocycles. The summed E-state index contributed by atoms with van der Waals surface area (Å²) in [7, 11) is 0. The lowest BCUT2D eigenvalue weighted by atomic mass is 10.2. The topological polar surface area (TPSA) is 46.1 Å². The van der Waals surface area contributed by atoms with Crippen molar-refractivity contribution >= 4 is 5.91 Å². The maximum absolute atomic E-state index is 12.1. The second-order valence-electron chi connectivity index (χ2n) is 4.59. The average Bonchev–Trinajstić information content (AvgIpc) is 2.62. The summed E-state index contributed by atoms with van der Waals surface area (Å²) in [6.45, 7) is 7.57. The number of likely N-dealkylation sites (tertiary alicyclic amines) is 1. The molecule has 4 heteroatoms. The molecule has 1 atom stereocenters. The molecule has 4 nitrogen and oxygen atoms in total. The van der Waals surface area contributed by atoms with Crippen LogP contribution in [-0.2, 0) is 0 Å². The normalized spacial score (nSPS) is 20.2. The Bertz CT molecular complexity index is 396. The molecule has 0 N–H and O–H groups in total. The molecule has 1 unspecified atom stereocenters. The SMILES string of the molecule is Cc1cc(C(=O)N2CCC(C)C2)nc(C)n1. The van der Waals surface area contributed by atoms with Crippen LogP contribution in [0, 0.1) is 19.8 Å². The van der Waals surface area contributed by atoms with E-state index in [9.17, 15) is 4.79 Å². The summed E-state index contributed by atoms with van der Waals surface area (Å²) in [5.41, 5.74) is 1.38. The van der Waals surface area contributed by atoms with Crippen LogP contribution in [-0.4, -0.2) is 33.9 Å². The number of aromatic nitrogens is 2. The molecular formula is C12H17N3O. The third-order valence-corrected chi connectivity index (χ3v) is 2.90. The lowest BCUT2D eigenvalue weighted by Gasteiger charge is -2.15. The van der Waals surface area contributed by atoms with Crippen LogP contribution in [0.4, 0.5) is 0 Å². The molecule has 0 saturated carbocycles. The minimum atomic E-state index is 0.0398. The van der Waals surface area contributed by atoms with Crippen molar-refractivity contribution in [1.82, 2.24) is 14.9 Å². The third-order valence-electron chi connectivity index (χ3n) is 2.90. The van der Waals surface area contributed by atoms with Gasteiger partial charge in [-0.15, -0.1) is 0 Å². The lowest BCUT2D eigenvalue weighted by molar-refractivity contribution is 0.0781. The number of rotatable bonds is 1. The van der Waals surface area contributed by atoms with Crippen molar-refractivity contribution in [1.29, 1.82) is 0 Å². The van der Waals surface area contributed by atoms with Crippen LogP contribution in [0.3, 0.4) is 0 Å². The number of carbonyl (C=O) groups is 1. The number of hydrogen-bond donors (Lipinski definition) is 0. The zero-order valence-electron chi connectivity index (χ0n) is 10.0. The highest BCUT2D eigenvalue weighted by Gasteiger charge is 2.25. The van der Waals surface area contributed by atoms with E-state index in [0.717, 1.165) is 25.2 Å². The fraction of sp³-hybridized carbons (Fsp3) is 0.583. The van der Waals surface area contributed by atoms with Gasteiger partial charge in [-0.2, -0.15) is 0 Å². The largest absolute Gasteiger partial charge is 0.337 e. The monoisotopic (exact) mass is 219 g/mol. The zero-order chi connectivity index (χ0) is 11.7. The third kappa shape index (κ3) is 2.21. The van der Waals surface area contributed by atoms with Gasteiger partial charge in [0.15, 0.2) is 0 Å². The van der Waals surface area contributed by atoms with Gasteiger partial charge in [0.25, 0.3) is 5.91 Å². The van der Waals surface area contributed by atoms with Crippen molar-refractivity contribution in [3.05, 3.63) is 23.3 Å². The molecule has 1 aromatic heterocycles. The van der Waals surface area contributed by atoms with Crippen molar-refractivity contribution in [3.63, 3.8) is 0 Å².